The molecule has 0 radical (unpaired) electrons. The van der Waals surface area contributed by atoms with E-state index in [9.17, 15) is 14.8 Å². The van der Waals surface area contributed by atoms with Crippen molar-refractivity contribution in [1.29, 1.82) is 0 Å². The summed E-state index contributed by atoms with van der Waals surface area (Å²) in [6.45, 7) is 1.52. The van der Waals surface area contributed by atoms with Gasteiger partial charge in [0.25, 0.3) is 5.91 Å². The lowest BCUT2D eigenvalue weighted by Crippen LogP contribution is -2.41. The Hall–Kier alpha value is -2.77. The lowest BCUT2D eigenvalue weighted by atomic mass is 9.80. The summed E-state index contributed by atoms with van der Waals surface area (Å²) < 4.78 is 5.99. The molecule has 1 amide bonds. The SMILES string of the molecule is CC(=O)[C@H]1C2C=CC(C2)[C@H]1C(=O)N(O)c1nc2ccc(-c3ccoc3)cc2s1. The second-order valence-corrected chi connectivity index (χ2v) is 8.46. The number of amides is 1. The predicted octanol–water partition coefficient (Wildman–Crippen LogP) is 4.31. The van der Waals surface area contributed by atoms with Gasteiger partial charge in [0.1, 0.15) is 5.78 Å². The molecule has 0 saturated heterocycles. The second kappa shape index (κ2) is 6.39. The number of fused-ring (bicyclic) bond motifs is 3. The van der Waals surface area contributed by atoms with Crippen molar-refractivity contribution in [3.05, 3.63) is 48.9 Å². The molecule has 2 heterocycles. The molecule has 3 aromatic rings. The molecule has 2 aliphatic rings. The van der Waals surface area contributed by atoms with Crippen molar-refractivity contribution in [3.63, 3.8) is 0 Å². The zero-order chi connectivity index (χ0) is 19.4. The molecule has 4 atom stereocenters. The number of nitrogens with zero attached hydrogens (tertiary/aromatic N) is 2. The molecule has 28 heavy (non-hydrogen) atoms. The molecule has 5 rings (SSSR count). The number of benzene rings is 1. The first kappa shape index (κ1) is 17.3. The monoisotopic (exact) mass is 394 g/mol. The Morgan fingerprint density at radius 1 is 1.18 bits per heavy atom. The van der Waals surface area contributed by atoms with Crippen LogP contribution in [0.2, 0.25) is 0 Å². The molecule has 1 N–H and O–H groups in total. The molecule has 7 heteroatoms. The molecule has 2 bridgehead atoms. The topological polar surface area (TPSA) is 83.6 Å². The Kier molecular flexibility index (Phi) is 3.96. The van der Waals surface area contributed by atoms with Gasteiger partial charge in [0.2, 0.25) is 5.13 Å². The lowest BCUT2D eigenvalue weighted by molar-refractivity contribution is -0.134. The smallest absolute Gasteiger partial charge is 0.257 e. The van der Waals surface area contributed by atoms with Crippen molar-refractivity contribution in [1.82, 2.24) is 4.98 Å². The summed E-state index contributed by atoms with van der Waals surface area (Å²) in [5, 5.41) is 11.5. The average molecular weight is 394 g/mol. The van der Waals surface area contributed by atoms with Crippen molar-refractivity contribution in [2.75, 3.05) is 5.06 Å². The highest BCUT2D eigenvalue weighted by Crippen LogP contribution is 2.49. The summed E-state index contributed by atoms with van der Waals surface area (Å²) in [5.41, 5.74) is 2.63. The van der Waals surface area contributed by atoms with Gasteiger partial charge in [0.15, 0.2) is 0 Å². The third-order valence-electron chi connectivity index (χ3n) is 5.84. The number of rotatable bonds is 4. The predicted molar refractivity (Wildman–Crippen MR) is 105 cm³/mol. The number of carbonyl (C=O) groups excluding carboxylic acids is 2. The fourth-order valence-corrected chi connectivity index (χ4v) is 5.48. The van der Waals surface area contributed by atoms with Gasteiger partial charge in [-0.3, -0.25) is 14.8 Å². The van der Waals surface area contributed by atoms with Crippen LogP contribution in [0.3, 0.4) is 0 Å². The molecular formula is C21H18N2O4S. The van der Waals surface area contributed by atoms with Gasteiger partial charge in [-0.2, -0.15) is 5.06 Å². The van der Waals surface area contributed by atoms with Crippen LogP contribution < -0.4 is 5.06 Å². The minimum absolute atomic E-state index is 0.00217. The maximum Gasteiger partial charge on any atom is 0.257 e. The number of carbonyl (C=O) groups is 2. The first-order chi connectivity index (χ1) is 13.5. The molecule has 2 aromatic heterocycles. The highest BCUT2D eigenvalue weighted by atomic mass is 32.1. The number of furan rings is 1. The van der Waals surface area contributed by atoms with E-state index in [2.05, 4.69) is 4.98 Å². The second-order valence-electron chi connectivity index (χ2n) is 7.45. The van der Waals surface area contributed by atoms with Crippen LogP contribution in [-0.4, -0.2) is 21.9 Å². The summed E-state index contributed by atoms with van der Waals surface area (Å²) in [5.74, 6) is -1.24. The molecule has 6 nitrogen and oxygen atoms in total. The maximum absolute atomic E-state index is 13.0. The summed E-state index contributed by atoms with van der Waals surface area (Å²) in [6, 6.07) is 7.61. The number of thiazole rings is 1. The molecule has 0 aliphatic heterocycles. The van der Waals surface area contributed by atoms with Gasteiger partial charge in [-0.15, -0.1) is 0 Å². The summed E-state index contributed by atoms with van der Waals surface area (Å²) in [7, 11) is 0. The average Bonchev–Trinajstić information content (AvgIpc) is 3.48. The molecule has 2 unspecified atom stereocenters. The normalized spacial score (nSPS) is 25.5. The van der Waals surface area contributed by atoms with Crippen molar-refractivity contribution < 1.29 is 19.2 Å². The Bertz CT molecular complexity index is 1100. The number of ketones is 1. The lowest BCUT2D eigenvalue weighted by Gasteiger charge is -2.27. The van der Waals surface area contributed by atoms with E-state index < -0.39 is 11.8 Å². The number of anilines is 1. The highest BCUT2D eigenvalue weighted by Gasteiger charge is 2.51. The van der Waals surface area contributed by atoms with Crippen LogP contribution in [-0.2, 0) is 9.59 Å². The Morgan fingerprint density at radius 3 is 2.68 bits per heavy atom. The molecular weight excluding hydrogens is 376 g/mol. The van der Waals surface area contributed by atoms with Crippen LogP contribution in [0.15, 0.2) is 53.4 Å². The largest absolute Gasteiger partial charge is 0.472 e. The van der Waals surface area contributed by atoms with Gasteiger partial charge < -0.3 is 4.42 Å². The van der Waals surface area contributed by atoms with E-state index in [0.717, 1.165) is 22.2 Å². The number of Topliss-reactive ketones (excluding diaryl/α,β-unsaturated/α-hetero) is 1. The van der Waals surface area contributed by atoms with Gasteiger partial charge >= 0.3 is 0 Å². The third kappa shape index (κ3) is 2.62. The van der Waals surface area contributed by atoms with Gasteiger partial charge in [-0.25, -0.2) is 4.98 Å². The number of hydrogen-bond donors (Lipinski definition) is 1. The van der Waals surface area contributed by atoms with E-state index in [4.69, 9.17) is 4.42 Å². The zero-order valence-electron chi connectivity index (χ0n) is 15.1. The molecule has 1 saturated carbocycles. The Balaban J connectivity index is 1.45. The van der Waals surface area contributed by atoms with Crippen molar-refractivity contribution in [2.45, 2.75) is 13.3 Å². The van der Waals surface area contributed by atoms with E-state index in [1.54, 1.807) is 12.5 Å². The number of aromatic nitrogens is 1. The molecule has 1 fully saturated rings. The zero-order valence-corrected chi connectivity index (χ0v) is 15.9. The molecule has 142 valence electrons. The van der Waals surface area contributed by atoms with Gasteiger partial charge in [0.05, 0.1) is 28.7 Å². The van der Waals surface area contributed by atoms with E-state index in [0.29, 0.717) is 10.6 Å². The van der Waals surface area contributed by atoms with E-state index in [1.165, 1.54) is 18.3 Å². The minimum atomic E-state index is -0.522. The van der Waals surface area contributed by atoms with Crippen molar-refractivity contribution >= 4 is 38.4 Å². The van der Waals surface area contributed by atoms with Crippen LogP contribution in [0, 0.1) is 23.7 Å². The number of hydrogen-bond acceptors (Lipinski definition) is 6. The Morgan fingerprint density at radius 2 is 1.96 bits per heavy atom. The molecule has 1 aromatic carbocycles. The van der Waals surface area contributed by atoms with Crippen molar-refractivity contribution in [3.8, 4) is 11.1 Å². The minimum Gasteiger partial charge on any atom is -0.472 e. The van der Waals surface area contributed by atoms with Crippen LogP contribution in [0.4, 0.5) is 5.13 Å². The summed E-state index contributed by atoms with van der Waals surface area (Å²) in [4.78, 5) is 29.5. The highest BCUT2D eigenvalue weighted by molar-refractivity contribution is 7.22. The van der Waals surface area contributed by atoms with Crippen LogP contribution in [0.5, 0.6) is 0 Å². The summed E-state index contributed by atoms with van der Waals surface area (Å²) in [6.07, 6.45) is 8.09. The number of hydroxylamine groups is 1. The van der Waals surface area contributed by atoms with Crippen LogP contribution in [0.25, 0.3) is 21.3 Å². The molecule has 0 spiro atoms. The first-order valence-corrected chi connectivity index (χ1v) is 9.99. The van der Waals surface area contributed by atoms with E-state index >= 15 is 0 Å². The van der Waals surface area contributed by atoms with Crippen molar-refractivity contribution in [2.24, 2.45) is 23.7 Å². The summed E-state index contributed by atoms with van der Waals surface area (Å²) >= 11 is 1.24. The fourth-order valence-electron chi connectivity index (χ4n) is 4.56. The standard InChI is InChI=1S/C21H18N2O4S/c1-11(24)18-13-2-3-14(8-13)19(18)20(25)23(26)21-22-16-5-4-12(9-17(16)28-21)15-6-7-27-10-15/h2-7,9-10,13-14,18-19,26H,8H2,1H3/t13?,14?,18-,19+/m0/s1. The van der Waals surface area contributed by atoms with Gasteiger partial charge in [-0.05, 0) is 48.9 Å². The fraction of sp³-hybridized carbons (Fsp3) is 0.286. The molecule has 2 aliphatic carbocycles. The number of allylic oxidation sites excluding steroid dienone is 2. The Labute approximate surface area is 165 Å². The van der Waals surface area contributed by atoms with Gasteiger partial charge in [0, 0.05) is 11.5 Å². The van der Waals surface area contributed by atoms with Crippen LogP contribution >= 0.6 is 11.3 Å². The van der Waals surface area contributed by atoms with E-state index in [-0.39, 0.29) is 28.7 Å². The maximum atomic E-state index is 13.0. The van der Waals surface area contributed by atoms with Crippen LogP contribution in [0.1, 0.15) is 13.3 Å². The quantitative estimate of drug-likeness (QED) is 0.405. The van der Waals surface area contributed by atoms with E-state index in [1.807, 2.05) is 36.4 Å². The third-order valence-corrected chi connectivity index (χ3v) is 6.83. The van der Waals surface area contributed by atoms with Gasteiger partial charge in [-0.1, -0.05) is 29.6 Å². The first-order valence-electron chi connectivity index (χ1n) is 9.17.